The van der Waals surface area contributed by atoms with E-state index in [0.29, 0.717) is 0 Å². The summed E-state index contributed by atoms with van der Waals surface area (Å²) in [5.74, 6) is -1.52. The van der Waals surface area contributed by atoms with Gasteiger partial charge in [-0.25, -0.2) is 4.79 Å². The van der Waals surface area contributed by atoms with Crippen LogP contribution in [0.5, 0.6) is 0 Å². The van der Waals surface area contributed by atoms with E-state index < -0.39 is 34.9 Å². The molecule has 0 saturated carbocycles. The Bertz CT molecular complexity index is 914. The van der Waals surface area contributed by atoms with E-state index in [0.717, 1.165) is 5.56 Å². The zero-order valence-electron chi connectivity index (χ0n) is 23.3. The van der Waals surface area contributed by atoms with Gasteiger partial charge in [0, 0.05) is 18.0 Å². The van der Waals surface area contributed by atoms with Gasteiger partial charge in [0.2, 0.25) is 11.8 Å². The van der Waals surface area contributed by atoms with Crippen molar-refractivity contribution in [3.8, 4) is 0 Å². The molecule has 0 radical (unpaired) electrons. The molecule has 7 heteroatoms. The van der Waals surface area contributed by atoms with Gasteiger partial charge in [0.05, 0.1) is 12.1 Å². The topological polar surface area (TPSA) is 90.0 Å². The van der Waals surface area contributed by atoms with E-state index in [9.17, 15) is 19.5 Å². The number of likely N-dealkylation sites (N-methyl/N-ethyl adjacent to an activating group) is 2. The van der Waals surface area contributed by atoms with Crippen molar-refractivity contribution in [1.29, 1.82) is 0 Å². The highest BCUT2D eigenvalue weighted by molar-refractivity contribution is 5.91. The summed E-state index contributed by atoms with van der Waals surface area (Å²) in [6.07, 6.45) is 1.60. The van der Waals surface area contributed by atoms with E-state index in [1.54, 1.807) is 18.0 Å². The van der Waals surface area contributed by atoms with E-state index in [1.807, 2.05) is 97.8 Å². The predicted octanol–water partition coefficient (Wildman–Crippen LogP) is 3.94. The van der Waals surface area contributed by atoms with E-state index in [2.05, 4.69) is 5.32 Å². The molecule has 0 aliphatic rings. The molecule has 3 atom stereocenters. The van der Waals surface area contributed by atoms with Crippen molar-refractivity contribution in [1.82, 2.24) is 15.1 Å². The summed E-state index contributed by atoms with van der Waals surface area (Å²) in [7, 11) is 5.40. The fourth-order valence-electron chi connectivity index (χ4n) is 4.53. The van der Waals surface area contributed by atoms with Crippen LogP contribution < -0.4 is 5.32 Å². The van der Waals surface area contributed by atoms with Crippen LogP contribution in [0.3, 0.4) is 0 Å². The monoisotopic (exact) mass is 487 g/mol. The van der Waals surface area contributed by atoms with Crippen molar-refractivity contribution in [2.75, 3.05) is 21.1 Å². The number of rotatable bonds is 10. The quantitative estimate of drug-likeness (QED) is 0.488. The second-order valence-electron chi connectivity index (χ2n) is 11.6. The number of carboxylic acid groups (broad SMARTS) is 1. The molecule has 2 N–H and O–H groups in total. The van der Waals surface area contributed by atoms with E-state index in [-0.39, 0.29) is 23.3 Å². The molecule has 0 aromatic heterocycles. The predicted molar refractivity (Wildman–Crippen MR) is 141 cm³/mol. The lowest BCUT2D eigenvalue weighted by atomic mass is 9.76. The summed E-state index contributed by atoms with van der Waals surface area (Å²) in [5.41, 5.74) is 0.117. The van der Waals surface area contributed by atoms with Crippen molar-refractivity contribution in [2.24, 2.45) is 11.3 Å². The first-order chi connectivity index (χ1) is 15.9. The van der Waals surface area contributed by atoms with Crippen LogP contribution >= 0.6 is 0 Å². The molecular formula is C28H45N3O4. The number of carbonyl (C=O) groups excluding carboxylic acids is 2. The molecular weight excluding hydrogens is 442 g/mol. The summed E-state index contributed by atoms with van der Waals surface area (Å²) >= 11 is 0. The molecule has 0 fully saturated rings. The summed E-state index contributed by atoms with van der Waals surface area (Å²) in [6.45, 7) is 15.2. The van der Waals surface area contributed by atoms with Gasteiger partial charge in [-0.2, -0.15) is 0 Å². The molecule has 0 unspecified atom stereocenters. The van der Waals surface area contributed by atoms with Gasteiger partial charge in [-0.05, 0) is 37.9 Å². The minimum Gasteiger partial charge on any atom is -0.478 e. The molecule has 0 bridgehead atoms. The highest BCUT2D eigenvalue weighted by Gasteiger charge is 2.43. The minimum atomic E-state index is -1.02. The Morgan fingerprint density at radius 1 is 0.971 bits per heavy atom. The van der Waals surface area contributed by atoms with Gasteiger partial charge in [0.15, 0.2) is 0 Å². The number of hydrogen-bond donors (Lipinski definition) is 2. The lowest BCUT2D eigenvalue weighted by Crippen LogP contribution is -2.61. The van der Waals surface area contributed by atoms with Crippen molar-refractivity contribution < 1.29 is 19.5 Å². The average Bonchev–Trinajstić information content (AvgIpc) is 2.73. The fraction of sp³-hybridized carbons (Fsp3) is 0.607. The van der Waals surface area contributed by atoms with Crippen LogP contribution in [-0.2, 0) is 19.8 Å². The molecule has 0 aliphatic carbocycles. The number of benzene rings is 1. The Morgan fingerprint density at radius 3 is 1.89 bits per heavy atom. The first kappa shape index (κ1) is 30.4. The second kappa shape index (κ2) is 11.8. The van der Waals surface area contributed by atoms with Gasteiger partial charge in [-0.15, -0.1) is 0 Å². The molecule has 35 heavy (non-hydrogen) atoms. The number of hydrogen-bond acceptors (Lipinski definition) is 4. The normalized spacial score (nSPS) is 15.5. The maximum absolute atomic E-state index is 13.8. The van der Waals surface area contributed by atoms with Gasteiger partial charge >= 0.3 is 5.97 Å². The third kappa shape index (κ3) is 7.66. The summed E-state index contributed by atoms with van der Waals surface area (Å²) in [5, 5.41) is 12.4. The molecule has 0 aliphatic heterocycles. The van der Waals surface area contributed by atoms with Gasteiger partial charge in [-0.3, -0.25) is 14.5 Å². The first-order valence-corrected chi connectivity index (χ1v) is 12.1. The molecule has 1 aromatic carbocycles. The molecule has 7 nitrogen and oxygen atoms in total. The number of amides is 2. The maximum Gasteiger partial charge on any atom is 0.331 e. The Kier molecular flexibility index (Phi) is 10.3. The SMILES string of the molecule is C/C(=C\[C@H](C(C)C)N(C)C(=O)[C@@H](NC(=O)[C@@H](N(C)C)C(C)(C)c1ccccc1)C(C)(C)C)C(=O)O. The van der Waals surface area contributed by atoms with Crippen LogP contribution in [0.25, 0.3) is 0 Å². The molecule has 1 aromatic rings. The number of carboxylic acids is 1. The lowest BCUT2D eigenvalue weighted by Gasteiger charge is -2.41. The standard InChI is InChI=1S/C28H45N3O4/c1-18(2)21(17-19(3)26(34)35)31(11)25(33)22(27(4,5)6)29-24(32)23(30(9)10)28(7,8)20-15-13-12-14-16-20/h12-18,21-23H,1-11H3,(H,29,32)(H,34,35)/b19-17+/t21-,22-,23-/m1/s1. The Morgan fingerprint density at radius 2 is 1.49 bits per heavy atom. The summed E-state index contributed by atoms with van der Waals surface area (Å²) in [4.78, 5) is 42.3. The van der Waals surface area contributed by atoms with E-state index in [4.69, 9.17) is 0 Å². The molecule has 196 valence electrons. The Hall–Kier alpha value is -2.67. The highest BCUT2D eigenvalue weighted by Crippen LogP contribution is 2.31. The highest BCUT2D eigenvalue weighted by atomic mass is 16.4. The van der Waals surface area contributed by atoms with Crippen LogP contribution in [0.1, 0.15) is 61.0 Å². The summed E-state index contributed by atoms with van der Waals surface area (Å²) < 4.78 is 0. The minimum absolute atomic E-state index is 0.0129. The number of aliphatic carboxylic acids is 1. The second-order valence-corrected chi connectivity index (χ2v) is 11.6. The summed E-state index contributed by atoms with van der Waals surface area (Å²) in [6, 6.07) is 8.12. The number of carbonyl (C=O) groups is 3. The van der Waals surface area contributed by atoms with Crippen LogP contribution in [0.2, 0.25) is 0 Å². The van der Waals surface area contributed by atoms with Crippen LogP contribution in [0, 0.1) is 11.3 Å². The van der Waals surface area contributed by atoms with Crippen LogP contribution in [0.4, 0.5) is 0 Å². The third-order valence-corrected chi connectivity index (χ3v) is 6.60. The van der Waals surface area contributed by atoms with Crippen molar-refractivity contribution in [3.05, 3.63) is 47.5 Å². The molecule has 1 rings (SSSR count). The van der Waals surface area contributed by atoms with E-state index >= 15 is 0 Å². The van der Waals surface area contributed by atoms with Crippen molar-refractivity contribution in [2.45, 2.75) is 78.9 Å². The van der Waals surface area contributed by atoms with Gasteiger partial charge < -0.3 is 15.3 Å². The van der Waals surface area contributed by atoms with Gasteiger partial charge in [0.1, 0.15) is 6.04 Å². The smallest absolute Gasteiger partial charge is 0.331 e. The Labute approximate surface area is 211 Å². The average molecular weight is 488 g/mol. The zero-order valence-corrected chi connectivity index (χ0v) is 23.3. The number of nitrogens with one attached hydrogen (secondary N) is 1. The molecule has 0 spiro atoms. The van der Waals surface area contributed by atoms with Crippen molar-refractivity contribution in [3.63, 3.8) is 0 Å². The Balaban J connectivity index is 3.36. The van der Waals surface area contributed by atoms with Gasteiger partial charge in [-0.1, -0.05) is 84.9 Å². The maximum atomic E-state index is 13.8. The molecule has 0 saturated heterocycles. The first-order valence-electron chi connectivity index (χ1n) is 12.1. The fourth-order valence-corrected chi connectivity index (χ4v) is 4.53. The molecule has 0 heterocycles. The van der Waals surface area contributed by atoms with Gasteiger partial charge in [0.25, 0.3) is 0 Å². The van der Waals surface area contributed by atoms with Crippen LogP contribution in [-0.4, -0.2) is 72.0 Å². The van der Waals surface area contributed by atoms with Crippen LogP contribution in [0.15, 0.2) is 42.0 Å². The lowest BCUT2D eigenvalue weighted by molar-refractivity contribution is -0.142. The van der Waals surface area contributed by atoms with E-state index in [1.165, 1.54) is 6.92 Å². The number of nitrogens with zero attached hydrogens (tertiary/aromatic N) is 2. The van der Waals surface area contributed by atoms with Crippen molar-refractivity contribution >= 4 is 17.8 Å². The zero-order chi connectivity index (χ0) is 27.3. The third-order valence-electron chi connectivity index (χ3n) is 6.60. The molecule has 2 amide bonds. The largest absolute Gasteiger partial charge is 0.478 e.